The largest absolute Gasteiger partial charge is 0.416 e. The van der Waals surface area contributed by atoms with Crippen LogP contribution in [0.5, 0.6) is 0 Å². The van der Waals surface area contributed by atoms with Crippen LogP contribution in [0, 0.1) is 5.82 Å². The Morgan fingerprint density at radius 1 is 1.07 bits per heavy atom. The third kappa shape index (κ3) is 4.85. The molecule has 0 saturated carbocycles. The Morgan fingerprint density at radius 2 is 1.79 bits per heavy atom. The molecule has 29 heavy (non-hydrogen) atoms. The zero-order chi connectivity index (χ0) is 20.4. The number of pyridine rings is 1. The number of halogens is 4. The number of benzene rings is 1. The van der Waals surface area contributed by atoms with Gasteiger partial charge in [0.15, 0.2) is 0 Å². The van der Waals surface area contributed by atoms with Gasteiger partial charge in [0.1, 0.15) is 11.6 Å². The maximum Gasteiger partial charge on any atom is 0.416 e. The van der Waals surface area contributed by atoms with Gasteiger partial charge >= 0.3 is 6.18 Å². The van der Waals surface area contributed by atoms with Crippen molar-refractivity contribution >= 4 is 5.82 Å². The number of ether oxygens (including phenoxy) is 2. The van der Waals surface area contributed by atoms with Crippen molar-refractivity contribution in [3.05, 3.63) is 59.5 Å². The molecule has 0 spiro atoms. The molecule has 0 aliphatic carbocycles. The summed E-state index contributed by atoms with van der Waals surface area (Å²) in [7, 11) is 0. The van der Waals surface area contributed by atoms with Gasteiger partial charge in [-0.2, -0.15) is 13.2 Å². The Labute approximate surface area is 165 Å². The number of nitrogens with zero attached hydrogens (tertiary/aromatic N) is 2. The topological polar surface area (TPSA) is 46.6 Å². The lowest BCUT2D eigenvalue weighted by Gasteiger charge is -2.20. The van der Waals surface area contributed by atoms with Gasteiger partial charge in [-0.15, -0.1) is 0 Å². The maximum absolute atomic E-state index is 14.0. The fraction of sp³-hybridized carbons (Fsp3) is 0.450. The highest BCUT2D eigenvalue weighted by atomic mass is 19.4. The van der Waals surface area contributed by atoms with Gasteiger partial charge in [-0.3, -0.25) is 4.90 Å². The lowest BCUT2D eigenvalue weighted by Crippen LogP contribution is -2.31. The van der Waals surface area contributed by atoms with Gasteiger partial charge in [0.05, 0.1) is 37.0 Å². The quantitative estimate of drug-likeness (QED) is 0.783. The van der Waals surface area contributed by atoms with E-state index < -0.39 is 17.6 Å². The average molecular weight is 411 g/mol. The molecular weight excluding hydrogens is 390 g/mol. The first-order valence-electron chi connectivity index (χ1n) is 9.37. The van der Waals surface area contributed by atoms with Crippen LogP contribution in [-0.2, 0) is 22.2 Å². The zero-order valence-corrected chi connectivity index (χ0v) is 15.5. The highest BCUT2D eigenvalue weighted by Crippen LogP contribution is 2.31. The summed E-state index contributed by atoms with van der Waals surface area (Å²) in [5.41, 5.74) is -0.829. The van der Waals surface area contributed by atoms with Crippen molar-refractivity contribution in [3.63, 3.8) is 0 Å². The molecule has 9 heteroatoms. The second kappa shape index (κ2) is 8.25. The summed E-state index contributed by atoms with van der Waals surface area (Å²) >= 11 is 0. The fourth-order valence-electron chi connectivity index (χ4n) is 3.65. The first-order chi connectivity index (χ1) is 13.9. The van der Waals surface area contributed by atoms with E-state index in [4.69, 9.17) is 9.47 Å². The number of likely N-dealkylation sites (tertiary alicyclic amines) is 1. The molecule has 1 aromatic heterocycles. The minimum absolute atomic E-state index is 0.0194. The van der Waals surface area contributed by atoms with Gasteiger partial charge in [-0.05, 0) is 30.3 Å². The third-order valence-corrected chi connectivity index (χ3v) is 5.10. The van der Waals surface area contributed by atoms with E-state index in [-0.39, 0.29) is 30.4 Å². The number of anilines is 1. The molecule has 0 unspecified atom stereocenters. The van der Waals surface area contributed by atoms with E-state index in [1.54, 1.807) is 6.20 Å². The fourth-order valence-corrected chi connectivity index (χ4v) is 3.65. The molecule has 2 saturated heterocycles. The summed E-state index contributed by atoms with van der Waals surface area (Å²) in [4.78, 5) is 6.08. The van der Waals surface area contributed by atoms with Crippen LogP contribution in [0.1, 0.15) is 11.1 Å². The lowest BCUT2D eigenvalue weighted by molar-refractivity contribution is -0.137. The molecule has 4 rings (SSSR count). The number of hydrogen-bond acceptors (Lipinski definition) is 5. The van der Waals surface area contributed by atoms with Crippen molar-refractivity contribution in [3.8, 4) is 0 Å². The Hall–Kier alpha value is -2.23. The van der Waals surface area contributed by atoms with Crippen LogP contribution in [0.2, 0.25) is 0 Å². The molecule has 1 aromatic carbocycles. The highest BCUT2D eigenvalue weighted by molar-refractivity contribution is 5.34. The molecular formula is C20H21F4N3O2. The minimum Gasteiger partial charge on any atom is -0.372 e. The standard InChI is InChI=1S/C20H21F4N3O2/c21-16-5-4-14(20(22,23)24)7-13(16)8-27-9-17-18(10-27)29-12-15(11-28-17)26-19-3-1-2-6-25-19/h1-7,15,17-18H,8-12H2,(H,25,26)/t17-,18-/m0/s1. The van der Waals surface area contributed by atoms with Crippen molar-refractivity contribution in [1.29, 1.82) is 0 Å². The van der Waals surface area contributed by atoms with Crippen LogP contribution >= 0.6 is 0 Å². The van der Waals surface area contributed by atoms with Crippen molar-refractivity contribution in [1.82, 2.24) is 9.88 Å². The molecule has 2 aliphatic heterocycles. The minimum atomic E-state index is -4.50. The zero-order valence-electron chi connectivity index (χ0n) is 15.5. The van der Waals surface area contributed by atoms with E-state index in [1.807, 2.05) is 23.1 Å². The Morgan fingerprint density at radius 3 is 2.41 bits per heavy atom. The Balaban J connectivity index is 1.35. The van der Waals surface area contributed by atoms with E-state index in [9.17, 15) is 17.6 Å². The van der Waals surface area contributed by atoms with Crippen molar-refractivity contribution in [2.45, 2.75) is 31.0 Å². The van der Waals surface area contributed by atoms with Gasteiger partial charge in [0, 0.05) is 31.4 Å². The lowest BCUT2D eigenvalue weighted by atomic mass is 10.1. The Bertz CT molecular complexity index is 818. The number of alkyl halides is 3. The summed E-state index contributed by atoms with van der Waals surface area (Å²) in [5.74, 6) is 0.0879. The van der Waals surface area contributed by atoms with Crippen molar-refractivity contribution in [2.24, 2.45) is 0 Å². The summed E-state index contributed by atoms with van der Waals surface area (Å²) in [6.45, 7) is 1.85. The van der Waals surface area contributed by atoms with E-state index in [0.29, 0.717) is 26.3 Å². The number of aromatic nitrogens is 1. The predicted molar refractivity (Wildman–Crippen MR) is 97.8 cm³/mol. The van der Waals surface area contributed by atoms with Gasteiger partial charge in [0.2, 0.25) is 0 Å². The molecule has 156 valence electrons. The van der Waals surface area contributed by atoms with Gasteiger partial charge in [-0.25, -0.2) is 9.37 Å². The number of hydrogen-bond donors (Lipinski definition) is 1. The maximum atomic E-state index is 14.0. The SMILES string of the molecule is Fc1ccc(C(F)(F)F)cc1CN1C[C@@H]2OCC(Nc3ccccn3)CO[C@H]2C1. The molecule has 3 heterocycles. The van der Waals surface area contributed by atoms with Crippen LogP contribution in [0.4, 0.5) is 23.4 Å². The Kier molecular flexibility index (Phi) is 5.71. The molecule has 2 fully saturated rings. The molecule has 2 aliphatic rings. The van der Waals surface area contributed by atoms with Crippen LogP contribution in [0.25, 0.3) is 0 Å². The normalized spacial score (nSPS) is 23.6. The molecule has 0 amide bonds. The third-order valence-electron chi connectivity index (χ3n) is 5.10. The van der Waals surface area contributed by atoms with Crippen LogP contribution in [-0.4, -0.2) is 54.4 Å². The molecule has 5 nitrogen and oxygen atoms in total. The number of nitrogens with one attached hydrogen (secondary N) is 1. The van der Waals surface area contributed by atoms with Gasteiger partial charge in [-0.1, -0.05) is 6.07 Å². The second-order valence-electron chi connectivity index (χ2n) is 7.30. The van der Waals surface area contributed by atoms with Crippen LogP contribution < -0.4 is 5.32 Å². The molecule has 1 N–H and O–H groups in total. The van der Waals surface area contributed by atoms with E-state index in [0.717, 1.165) is 24.0 Å². The first kappa shape index (κ1) is 20.1. The highest BCUT2D eigenvalue weighted by Gasteiger charge is 2.38. The second-order valence-corrected chi connectivity index (χ2v) is 7.30. The molecule has 0 bridgehead atoms. The monoisotopic (exact) mass is 411 g/mol. The van der Waals surface area contributed by atoms with E-state index in [2.05, 4.69) is 10.3 Å². The van der Waals surface area contributed by atoms with E-state index >= 15 is 0 Å². The molecule has 2 atom stereocenters. The van der Waals surface area contributed by atoms with Crippen molar-refractivity contribution < 1.29 is 27.0 Å². The van der Waals surface area contributed by atoms with Crippen molar-refractivity contribution in [2.75, 3.05) is 31.6 Å². The van der Waals surface area contributed by atoms with Gasteiger partial charge in [0.25, 0.3) is 0 Å². The number of fused-ring (bicyclic) bond motifs is 1. The van der Waals surface area contributed by atoms with Crippen LogP contribution in [0.15, 0.2) is 42.6 Å². The summed E-state index contributed by atoms with van der Waals surface area (Å²) < 4.78 is 64.7. The summed E-state index contributed by atoms with van der Waals surface area (Å²) in [6, 6.07) is 8.02. The number of rotatable bonds is 4. The predicted octanol–water partition coefficient (Wildman–Crippen LogP) is 3.32. The molecule has 2 aromatic rings. The smallest absolute Gasteiger partial charge is 0.372 e. The summed E-state index contributed by atoms with van der Waals surface area (Å²) in [6.07, 6.45) is -3.22. The molecule has 0 radical (unpaired) electrons. The average Bonchev–Trinajstić information content (AvgIpc) is 2.98. The van der Waals surface area contributed by atoms with E-state index in [1.165, 1.54) is 0 Å². The first-order valence-corrected chi connectivity index (χ1v) is 9.37. The van der Waals surface area contributed by atoms with Crippen LogP contribution in [0.3, 0.4) is 0 Å². The summed E-state index contributed by atoms with van der Waals surface area (Å²) in [5, 5.41) is 3.26. The van der Waals surface area contributed by atoms with Gasteiger partial charge < -0.3 is 14.8 Å².